The second-order valence-electron chi connectivity index (χ2n) is 6.66. The predicted molar refractivity (Wildman–Crippen MR) is 107 cm³/mol. The summed E-state index contributed by atoms with van der Waals surface area (Å²) in [7, 11) is 0.455. The summed E-state index contributed by atoms with van der Waals surface area (Å²) < 4.78 is 2.30. The van der Waals surface area contributed by atoms with E-state index in [0.29, 0.717) is 16.6 Å². The van der Waals surface area contributed by atoms with E-state index in [0.717, 1.165) is 10.9 Å². The lowest BCUT2D eigenvalue weighted by molar-refractivity contribution is 0.476. The average molecular weight is 346 g/mol. The summed E-state index contributed by atoms with van der Waals surface area (Å²) in [6.45, 7) is 0. The smallest absolute Gasteiger partial charge is 0.155 e. The molecule has 1 aliphatic heterocycles. The number of hydrogen-bond acceptors (Lipinski definition) is 1. The van der Waals surface area contributed by atoms with Crippen LogP contribution in [0.4, 0.5) is 0 Å². The van der Waals surface area contributed by atoms with Crippen LogP contribution >= 0.6 is 0 Å². The molecule has 0 spiro atoms. The number of phenolic OH excluding ortho intramolecular Hbond substituents is 1. The average Bonchev–Trinajstić information content (AvgIpc) is 3.28. The molecule has 25 heavy (non-hydrogen) atoms. The molecular weight excluding hydrogens is 326 g/mol. The standard InChI is InChI=1S/C22H19NOS/c24-17-9-12-22-20(15-17)19-5-1-2-6-21(19)23(22)16-7-10-18(11-8-16)25-13-3-4-14-25/h1-2,5-12,15H,3-4,13-14H2/p+1. The van der Waals surface area contributed by atoms with E-state index >= 15 is 0 Å². The van der Waals surface area contributed by atoms with Gasteiger partial charge < -0.3 is 9.67 Å². The summed E-state index contributed by atoms with van der Waals surface area (Å²) in [5, 5.41) is 12.2. The Morgan fingerprint density at radius 2 is 1.48 bits per heavy atom. The first-order valence-corrected chi connectivity index (χ1v) is 10.4. The molecule has 1 aromatic heterocycles. The Balaban J connectivity index is 1.71. The molecular formula is C22H20NOS+. The van der Waals surface area contributed by atoms with Gasteiger partial charge in [-0.3, -0.25) is 0 Å². The van der Waals surface area contributed by atoms with Gasteiger partial charge in [-0.1, -0.05) is 18.2 Å². The van der Waals surface area contributed by atoms with Gasteiger partial charge in [0.05, 0.1) is 11.0 Å². The van der Waals surface area contributed by atoms with Crippen LogP contribution in [-0.4, -0.2) is 21.2 Å². The molecule has 0 aliphatic carbocycles. The van der Waals surface area contributed by atoms with Crippen LogP contribution in [0.2, 0.25) is 0 Å². The quantitative estimate of drug-likeness (QED) is 0.492. The van der Waals surface area contributed by atoms with E-state index < -0.39 is 0 Å². The molecule has 0 saturated carbocycles. The summed E-state index contributed by atoms with van der Waals surface area (Å²) in [6, 6.07) is 23.2. The van der Waals surface area contributed by atoms with Crippen LogP contribution in [0.15, 0.2) is 71.6 Å². The maximum Gasteiger partial charge on any atom is 0.155 e. The van der Waals surface area contributed by atoms with Crippen molar-refractivity contribution in [1.29, 1.82) is 0 Å². The number of fused-ring (bicyclic) bond motifs is 3. The van der Waals surface area contributed by atoms with Crippen molar-refractivity contribution in [1.82, 2.24) is 4.57 Å². The van der Waals surface area contributed by atoms with Crippen molar-refractivity contribution in [2.75, 3.05) is 11.5 Å². The molecule has 0 bridgehead atoms. The van der Waals surface area contributed by atoms with Crippen molar-refractivity contribution in [2.45, 2.75) is 17.7 Å². The van der Waals surface area contributed by atoms with E-state index in [1.54, 1.807) is 6.07 Å². The van der Waals surface area contributed by atoms with Gasteiger partial charge in [-0.2, -0.15) is 0 Å². The minimum atomic E-state index is 0.313. The Bertz CT molecular complexity index is 1060. The van der Waals surface area contributed by atoms with E-state index in [1.165, 1.54) is 45.8 Å². The lowest BCUT2D eigenvalue weighted by Crippen LogP contribution is -2.04. The van der Waals surface area contributed by atoms with Crippen molar-refractivity contribution in [3.05, 3.63) is 66.7 Å². The number of nitrogens with zero attached hydrogens (tertiary/aromatic N) is 1. The van der Waals surface area contributed by atoms with Crippen LogP contribution < -0.4 is 0 Å². The van der Waals surface area contributed by atoms with Crippen LogP contribution in [0.5, 0.6) is 5.75 Å². The molecule has 0 amide bonds. The van der Waals surface area contributed by atoms with Gasteiger partial charge in [0.25, 0.3) is 0 Å². The van der Waals surface area contributed by atoms with E-state index in [2.05, 4.69) is 53.1 Å². The van der Waals surface area contributed by atoms with E-state index in [4.69, 9.17) is 0 Å². The number of aromatic hydroxyl groups is 1. The Hall–Kier alpha value is -2.39. The van der Waals surface area contributed by atoms with Gasteiger partial charge in [0.1, 0.15) is 17.3 Å². The number of para-hydroxylation sites is 1. The molecule has 3 aromatic carbocycles. The highest BCUT2D eigenvalue weighted by atomic mass is 32.2. The highest BCUT2D eigenvalue weighted by molar-refractivity contribution is 7.97. The largest absolute Gasteiger partial charge is 0.508 e. The third kappa shape index (κ3) is 2.42. The molecule has 0 radical (unpaired) electrons. The SMILES string of the molecule is Oc1ccc2c(c1)c1ccccc1n2-c1ccc([S+]2CCCC2)cc1. The molecule has 1 saturated heterocycles. The first-order chi connectivity index (χ1) is 12.3. The summed E-state index contributed by atoms with van der Waals surface area (Å²) >= 11 is 0. The maximum atomic E-state index is 9.92. The molecule has 0 atom stereocenters. The lowest BCUT2D eigenvalue weighted by Gasteiger charge is -2.08. The molecule has 1 fully saturated rings. The van der Waals surface area contributed by atoms with Crippen molar-refractivity contribution in [3.63, 3.8) is 0 Å². The summed E-state index contributed by atoms with van der Waals surface area (Å²) in [6.07, 6.45) is 2.75. The maximum absolute atomic E-state index is 9.92. The van der Waals surface area contributed by atoms with Gasteiger partial charge in [-0.15, -0.1) is 0 Å². The number of benzene rings is 3. The molecule has 3 heteroatoms. The summed E-state index contributed by atoms with van der Waals surface area (Å²) in [5.74, 6) is 3.02. The molecule has 4 aromatic rings. The number of hydrogen-bond donors (Lipinski definition) is 1. The zero-order valence-corrected chi connectivity index (χ0v) is 14.8. The Labute approximate surface area is 150 Å². The molecule has 2 heterocycles. The van der Waals surface area contributed by atoms with Crippen LogP contribution in [-0.2, 0) is 10.9 Å². The Morgan fingerprint density at radius 3 is 2.28 bits per heavy atom. The van der Waals surface area contributed by atoms with Gasteiger partial charge >= 0.3 is 0 Å². The van der Waals surface area contributed by atoms with E-state index in [-0.39, 0.29) is 0 Å². The molecule has 0 unspecified atom stereocenters. The topological polar surface area (TPSA) is 25.2 Å². The third-order valence-corrected chi connectivity index (χ3v) is 7.62. The molecule has 124 valence electrons. The van der Waals surface area contributed by atoms with Gasteiger partial charge in [0.15, 0.2) is 4.90 Å². The monoisotopic (exact) mass is 346 g/mol. The fourth-order valence-corrected chi connectivity index (χ4v) is 6.22. The van der Waals surface area contributed by atoms with Gasteiger partial charge in [0, 0.05) is 27.4 Å². The van der Waals surface area contributed by atoms with Crippen molar-refractivity contribution in [2.24, 2.45) is 0 Å². The van der Waals surface area contributed by atoms with Crippen molar-refractivity contribution >= 4 is 32.7 Å². The minimum absolute atomic E-state index is 0.313. The first-order valence-electron chi connectivity index (χ1n) is 8.81. The van der Waals surface area contributed by atoms with Crippen molar-refractivity contribution in [3.8, 4) is 11.4 Å². The Morgan fingerprint density at radius 1 is 0.760 bits per heavy atom. The number of rotatable bonds is 2. The minimum Gasteiger partial charge on any atom is -0.508 e. The number of aromatic nitrogens is 1. The molecule has 1 aliphatic rings. The van der Waals surface area contributed by atoms with Crippen LogP contribution in [0.3, 0.4) is 0 Å². The predicted octanol–water partition coefficient (Wildman–Crippen LogP) is 5.26. The van der Waals surface area contributed by atoms with Crippen LogP contribution in [0, 0.1) is 0 Å². The van der Waals surface area contributed by atoms with E-state index in [1.807, 2.05) is 12.1 Å². The number of phenols is 1. The molecule has 5 rings (SSSR count). The normalized spacial score (nSPS) is 15.4. The fraction of sp³-hybridized carbons (Fsp3) is 0.182. The first kappa shape index (κ1) is 14.9. The summed E-state index contributed by atoms with van der Waals surface area (Å²) in [5.41, 5.74) is 3.50. The zero-order valence-electron chi connectivity index (χ0n) is 14.0. The molecule has 2 nitrogen and oxygen atoms in total. The second-order valence-corrected chi connectivity index (χ2v) is 8.93. The fourth-order valence-electron chi connectivity index (χ4n) is 3.92. The van der Waals surface area contributed by atoms with Gasteiger partial charge in [0.2, 0.25) is 0 Å². The zero-order chi connectivity index (χ0) is 16.8. The van der Waals surface area contributed by atoms with Crippen molar-refractivity contribution < 1.29 is 5.11 Å². The highest BCUT2D eigenvalue weighted by Crippen LogP contribution is 2.34. The Kier molecular flexibility index (Phi) is 3.49. The van der Waals surface area contributed by atoms with Crippen LogP contribution in [0.1, 0.15) is 12.8 Å². The lowest BCUT2D eigenvalue weighted by atomic mass is 10.1. The molecule has 1 N–H and O–H groups in total. The van der Waals surface area contributed by atoms with E-state index in [9.17, 15) is 5.11 Å². The van der Waals surface area contributed by atoms with Gasteiger partial charge in [-0.25, -0.2) is 0 Å². The third-order valence-electron chi connectivity index (χ3n) is 5.12. The van der Waals surface area contributed by atoms with Crippen LogP contribution in [0.25, 0.3) is 27.5 Å². The highest BCUT2D eigenvalue weighted by Gasteiger charge is 2.26. The summed E-state index contributed by atoms with van der Waals surface area (Å²) in [4.78, 5) is 1.50. The van der Waals surface area contributed by atoms with Gasteiger partial charge in [-0.05, 0) is 61.4 Å². The second kappa shape index (κ2) is 5.85.